The van der Waals surface area contributed by atoms with Gasteiger partial charge < -0.3 is 4.74 Å². The summed E-state index contributed by atoms with van der Waals surface area (Å²) in [6, 6.07) is 6.03. The van der Waals surface area contributed by atoms with E-state index in [1.165, 1.54) is 23.5 Å². The van der Waals surface area contributed by atoms with Gasteiger partial charge in [-0.05, 0) is 32.9 Å². The lowest BCUT2D eigenvalue weighted by molar-refractivity contribution is -0.384. The van der Waals surface area contributed by atoms with Crippen LogP contribution >= 0.6 is 11.3 Å². The Morgan fingerprint density at radius 3 is 2.43 bits per heavy atom. The predicted molar refractivity (Wildman–Crippen MR) is 79.4 cm³/mol. The van der Waals surface area contributed by atoms with E-state index in [9.17, 15) is 14.9 Å². The predicted octanol–water partition coefficient (Wildman–Crippen LogP) is 3.67. The normalized spacial score (nSPS) is 11.2. The lowest BCUT2D eigenvalue weighted by Crippen LogP contribution is -2.24. The second-order valence-electron chi connectivity index (χ2n) is 5.34. The molecule has 0 unspecified atom stereocenters. The van der Waals surface area contributed by atoms with Crippen LogP contribution in [0.2, 0.25) is 0 Å². The summed E-state index contributed by atoms with van der Waals surface area (Å²) in [6.45, 7) is 5.36. The minimum Gasteiger partial charge on any atom is -0.455 e. The van der Waals surface area contributed by atoms with Gasteiger partial charge in [-0.3, -0.25) is 10.1 Å². The van der Waals surface area contributed by atoms with Crippen molar-refractivity contribution in [3.8, 4) is 10.6 Å². The summed E-state index contributed by atoms with van der Waals surface area (Å²) >= 11 is 1.29. The maximum Gasteiger partial charge on any atom is 0.358 e. The Hall–Kier alpha value is -2.28. The first-order chi connectivity index (χ1) is 9.76. The molecule has 0 spiro atoms. The maximum absolute atomic E-state index is 11.9. The Balaban J connectivity index is 2.19. The first-order valence-corrected chi connectivity index (χ1v) is 7.08. The number of esters is 1. The third-order valence-electron chi connectivity index (χ3n) is 2.44. The molecule has 0 saturated carbocycles. The van der Waals surface area contributed by atoms with Gasteiger partial charge in [0.25, 0.3) is 5.69 Å². The van der Waals surface area contributed by atoms with Crippen LogP contribution in [0.4, 0.5) is 5.69 Å². The van der Waals surface area contributed by atoms with Crippen LogP contribution in [0.15, 0.2) is 29.6 Å². The largest absolute Gasteiger partial charge is 0.455 e. The topological polar surface area (TPSA) is 82.3 Å². The molecule has 7 heteroatoms. The van der Waals surface area contributed by atoms with Gasteiger partial charge in [-0.15, -0.1) is 11.3 Å². The summed E-state index contributed by atoms with van der Waals surface area (Å²) in [5, 5.41) is 12.8. The number of hydrogen-bond donors (Lipinski definition) is 0. The molecule has 0 saturated heterocycles. The fraction of sp³-hybridized carbons (Fsp3) is 0.286. The summed E-state index contributed by atoms with van der Waals surface area (Å²) in [4.78, 5) is 26.2. The number of carbonyl (C=O) groups is 1. The Labute approximate surface area is 125 Å². The number of non-ortho nitro benzene ring substituents is 1. The molecule has 0 amide bonds. The standard InChI is InChI=1S/C14H14N2O4S/c1-14(2,3)20-13(17)11-8-21-12(15-11)9-4-6-10(7-5-9)16(18)19/h4-8H,1-3H3. The van der Waals surface area contributed by atoms with E-state index in [1.807, 2.05) is 0 Å². The van der Waals surface area contributed by atoms with Gasteiger partial charge in [0, 0.05) is 23.1 Å². The van der Waals surface area contributed by atoms with Crippen molar-refractivity contribution < 1.29 is 14.5 Å². The van der Waals surface area contributed by atoms with Gasteiger partial charge in [0.15, 0.2) is 5.69 Å². The molecule has 21 heavy (non-hydrogen) atoms. The second kappa shape index (κ2) is 5.61. The average molecular weight is 306 g/mol. The molecule has 0 radical (unpaired) electrons. The van der Waals surface area contributed by atoms with E-state index in [2.05, 4.69) is 4.98 Å². The zero-order chi connectivity index (χ0) is 15.6. The molecule has 0 bridgehead atoms. The lowest BCUT2D eigenvalue weighted by atomic mass is 10.2. The third kappa shape index (κ3) is 3.85. The van der Waals surface area contributed by atoms with E-state index in [4.69, 9.17) is 4.74 Å². The molecule has 0 atom stereocenters. The molecule has 0 aliphatic heterocycles. The molecule has 2 rings (SSSR count). The maximum atomic E-state index is 11.9. The van der Waals surface area contributed by atoms with Gasteiger partial charge in [0.05, 0.1) is 4.92 Å². The molecule has 6 nitrogen and oxygen atoms in total. The zero-order valence-corrected chi connectivity index (χ0v) is 12.6. The highest BCUT2D eigenvalue weighted by Gasteiger charge is 2.20. The van der Waals surface area contributed by atoms with E-state index in [-0.39, 0.29) is 11.4 Å². The van der Waals surface area contributed by atoms with E-state index < -0.39 is 16.5 Å². The van der Waals surface area contributed by atoms with Crippen molar-refractivity contribution in [2.24, 2.45) is 0 Å². The average Bonchev–Trinajstić information content (AvgIpc) is 2.86. The highest BCUT2D eigenvalue weighted by molar-refractivity contribution is 7.13. The van der Waals surface area contributed by atoms with Crippen molar-refractivity contribution in [2.45, 2.75) is 26.4 Å². The van der Waals surface area contributed by atoms with Gasteiger partial charge in [-0.1, -0.05) is 0 Å². The van der Waals surface area contributed by atoms with Crippen molar-refractivity contribution in [2.75, 3.05) is 0 Å². The van der Waals surface area contributed by atoms with E-state index >= 15 is 0 Å². The number of hydrogen-bond acceptors (Lipinski definition) is 6. The first kappa shape index (κ1) is 15.1. The number of benzene rings is 1. The highest BCUT2D eigenvalue weighted by atomic mass is 32.1. The van der Waals surface area contributed by atoms with Crippen molar-refractivity contribution in [1.82, 2.24) is 4.98 Å². The third-order valence-corrected chi connectivity index (χ3v) is 3.33. The van der Waals surface area contributed by atoms with Crippen LogP contribution in [0.5, 0.6) is 0 Å². The van der Waals surface area contributed by atoms with E-state index in [1.54, 1.807) is 38.3 Å². The smallest absolute Gasteiger partial charge is 0.358 e. The molecule has 2 aromatic rings. The van der Waals surface area contributed by atoms with Crippen molar-refractivity contribution in [3.63, 3.8) is 0 Å². The summed E-state index contributed by atoms with van der Waals surface area (Å²) in [5.74, 6) is -0.480. The Morgan fingerprint density at radius 2 is 1.90 bits per heavy atom. The van der Waals surface area contributed by atoms with Crippen LogP contribution in [-0.4, -0.2) is 21.5 Å². The summed E-state index contributed by atoms with van der Waals surface area (Å²) < 4.78 is 5.24. The number of nitro groups is 1. The first-order valence-electron chi connectivity index (χ1n) is 6.20. The summed E-state index contributed by atoms with van der Waals surface area (Å²) in [7, 11) is 0. The minimum atomic E-state index is -0.575. The van der Waals surface area contributed by atoms with Gasteiger partial charge in [0.2, 0.25) is 0 Å². The molecule has 1 aromatic heterocycles. The number of nitro benzene ring substituents is 1. The molecular formula is C14H14N2O4S. The number of thiazole rings is 1. The van der Waals surface area contributed by atoms with Gasteiger partial charge in [0.1, 0.15) is 10.6 Å². The monoisotopic (exact) mass is 306 g/mol. The lowest BCUT2D eigenvalue weighted by Gasteiger charge is -2.18. The molecule has 0 aliphatic rings. The van der Waals surface area contributed by atoms with Crippen LogP contribution in [0.3, 0.4) is 0 Å². The molecule has 0 aliphatic carbocycles. The molecule has 1 aromatic carbocycles. The van der Waals surface area contributed by atoms with Crippen molar-refractivity contribution in [3.05, 3.63) is 45.5 Å². The number of aromatic nitrogens is 1. The van der Waals surface area contributed by atoms with Crippen LogP contribution in [0.1, 0.15) is 31.3 Å². The fourth-order valence-corrected chi connectivity index (χ4v) is 2.35. The molecule has 1 heterocycles. The van der Waals surface area contributed by atoms with Crippen LogP contribution in [0.25, 0.3) is 10.6 Å². The molecule has 0 fully saturated rings. The van der Waals surface area contributed by atoms with Crippen LogP contribution in [-0.2, 0) is 4.74 Å². The Kier molecular flexibility index (Phi) is 4.04. The highest BCUT2D eigenvalue weighted by Crippen LogP contribution is 2.26. The van der Waals surface area contributed by atoms with Gasteiger partial charge in [-0.25, -0.2) is 9.78 Å². The molecular weight excluding hydrogens is 292 g/mol. The molecule has 110 valence electrons. The van der Waals surface area contributed by atoms with Gasteiger partial charge in [-0.2, -0.15) is 0 Å². The van der Waals surface area contributed by atoms with Crippen LogP contribution in [0, 0.1) is 10.1 Å². The summed E-state index contributed by atoms with van der Waals surface area (Å²) in [5.41, 5.74) is 0.403. The fourth-order valence-electron chi connectivity index (χ4n) is 1.56. The van der Waals surface area contributed by atoms with Gasteiger partial charge >= 0.3 is 5.97 Å². The number of carbonyl (C=O) groups excluding carboxylic acids is 1. The van der Waals surface area contributed by atoms with Crippen molar-refractivity contribution >= 4 is 23.0 Å². The Bertz CT molecular complexity index is 671. The van der Waals surface area contributed by atoms with Crippen LogP contribution < -0.4 is 0 Å². The zero-order valence-electron chi connectivity index (χ0n) is 11.8. The number of nitrogens with zero attached hydrogens (tertiary/aromatic N) is 2. The van der Waals surface area contributed by atoms with Crippen molar-refractivity contribution in [1.29, 1.82) is 0 Å². The molecule has 0 N–H and O–H groups in total. The summed E-state index contributed by atoms with van der Waals surface area (Å²) in [6.07, 6.45) is 0. The SMILES string of the molecule is CC(C)(C)OC(=O)c1csc(-c2ccc([N+](=O)[O-])cc2)n1. The minimum absolute atomic E-state index is 0.0164. The van der Waals surface area contributed by atoms with E-state index in [0.29, 0.717) is 5.01 Å². The quantitative estimate of drug-likeness (QED) is 0.491. The second-order valence-corrected chi connectivity index (χ2v) is 6.20. The number of ether oxygens (including phenoxy) is 1. The number of rotatable bonds is 3. The Morgan fingerprint density at radius 1 is 1.29 bits per heavy atom. The van der Waals surface area contributed by atoms with E-state index in [0.717, 1.165) is 5.56 Å².